The van der Waals surface area contributed by atoms with Gasteiger partial charge in [-0.25, -0.2) is 4.39 Å². The Labute approximate surface area is 125 Å². The molecule has 1 saturated carbocycles. The Balaban J connectivity index is 1.71. The summed E-state index contributed by atoms with van der Waals surface area (Å²) < 4.78 is 13.0. The zero-order valence-electron chi connectivity index (χ0n) is 12.4. The van der Waals surface area contributed by atoms with Crippen molar-refractivity contribution < 1.29 is 14.3 Å². The maximum Gasteiger partial charge on any atom is 0.225 e. The quantitative estimate of drug-likeness (QED) is 0.846. The van der Waals surface area contributed by atoms with Crippen LogP contribution < -0.4 is 5.32 Å². The molecule has 2 atom stereocenters. The largest absolute Gasteiger partial charge is 0.393 e. The second-order valence-corrected chi connectivity index (χ2v) is 5.83. The van der Waals surface area contributed by atoms with Crippen molar-refractivity contribution in [3.05, 3.63) is 30.1 Å². The van der Waals surface area contributed by atoms with Crippen LogP contribution in [0, 0.1) is 11.7 Å². The number of benzene rings is 1. The molecule has 2 rings (SSSR count). The molecule has 0 radical (unpaired) electrons. The second kappa shape index (κ2) is 7.52. The molecule has 0 aromatic heterocycles. The highest BCUT2D eigenvalue weighted by Gasteiger charge is 2.26. The van der Waals surface area contributed by atoms with E-state index in [1.165, 1.54) is 12.1 Å². The van der Waals surface area contributed by atoms with Gasteiger partial charge in [0, 0.05) is 25.2 Å². The topological polar surface area (TPSA) is 52.6 Å². The molecule has 2 unspecified atom stereocenters. The molecule has 1 amide bonds. The maximum absolute atomic E-state index is 13.0. The smallest absolute Gasteiger partial charge is 0.225 e. The van der Waals surface area contributed by atoms with Crippen LogP contribution in [0.5, 0.6) is 0 Å². The van der Waals surface area contributed by atoms with Crippen molar-refractivity contribution in [1.29, 1.82) is 0 Å². The molecule has 116 valence electrons. The summed E-state index contributed by atoms with van der Waals surface area (Å²) in [7, 11) is 1.96. The third kappa shape index (κ3) is 5.10. The maximum atomic E-state index is 13.0. The molecular formula is C16H23FN2O2. The molecule has 0 saturated heterocycles. The van der Waals surface area contributed by atoms with E-state index < -0.39 is 0 Å². The van der Waals surface area contributed by atoms with E-state index in [0.29, 0.717) is 24.6 Å². The summed E-state index contributed by atoms with van der Waals surface area (Å²) >= 11 is 0. The molecule has 1 aromatic rings. The average molecular weight is 294 g/mol. The number of nitrogens with zero attached hydrogens (tertiary/aromatic N) is 1. The molecular weight excluding hydrogens is 271 g/mol. The lowest BCUT2D eigenvalue weighted by Gasteiger charge is -2.22. The Morgan fingerprint density at radius 3 is 2.95 bits per heavy atom. The van der Waals surface area contributed by atoms with Crippen molar-refractivity contribution in [2.75, 3.05) is 25.5 Å². The average Bonchev–Trinajstić information content (AvgIpc) is 2.82. The number of aliphatic hydroxyl groups is 1. The number of amides is 1. The lowest BCUT2D eigenvalue weighted by Crippen LogP contribution is -2.32. The molecule has 4 nitrogen and oxygen atoms in total. The van der Waals surface area contributed by atoms with Gasteiger partial charge in [0.15, 0.2) is 0 Å². The number of rotatable bonds is 6. The molecule has 1 aliphatic rings. The molecule has 0 spiro atoms. The Kier molecular flexibility index (Phi) is 5.70. The van der Waals surface area contributed by atoms with E-state index in [1.807, 2.05) is 7.05 Å². The highest BCUT2D eigenvalue weighted by molar-refractivity contribution is 5.90. The SMILES string of the molecule is CN(CCC(=O)Nc1cccc(F)c1)CC1CCCC1O. The molecule has 5 heteroatoms. The Hall–Kier alpha value is -1.46. The third-order valence-electron chi connectivity index (χ3n) is 3.99. The molecule has 1 aromatic carbocycles. The van der Waals surface area contributed by atoms with Gasteiger partial charge in [-0.3, -0.25) is 4.79 Å². The van der Waals surface area contributed by atoms with Crippen LogP contribution in [0.1, 0.15) is 25.7 Å². The van der Waals surface area contributed by atoms with Gasteiger partial charge in [0.1, 0.15) is 5.82 Å². The van der Waals surface area contributed by atoms with E-state index in [9.17, 15) is 14.3 Å². The first-order valence-electron chi connectivity index (χ1n) is 7.46. The van der Waals surface area contributed by atoms with Crippen molar-refractivity contribution in [3.63, 3.8) is 0 Å². The number of hydrogen-bond acceptors (Lipinski definition) is 3. The van der Waals surface area contributed by atoms with Gasteiger partial charge in [-0.15, -0.1) is 0 Å². The number of carbonyl (C=O) groups excluding carboxylic acids is 1. The third-order valence-corrected chi connectivity index (χ3v) is 3.99. The minimum atomic E-state index is -0.361. The fraction of sp³-hybridized carbons (Fsp3) is 0.562. The van der Waals surface area contributed by atoms with E-state index in [2.05, 4.69) is 10.2 Å². The number of aliphatic hydroxyl groups excluding tert-OH is 1. The van der Waals surface area contributed by atoms with Gasteiger partial charge in [-0.05, 0) is 44.0 Å². The van der Waals surface area contributed by atoms with Crippen LogP contribution in [-0.2, 0) is 4.79 Å². The van der Waals surface area contributed by atoms with E-state index in [0.717, 1.165) is 25.8 Å². The number of halogens is 1. The Morgan fingerprint density at radius 1 is 1.48 bits per heavy atom. The van der Waals surface area contributed by atoms with Crippen molar-refractivity contribution in [2.24, 2.45) is 5.92 Å². The highest BCUT2D eigenvalue weighted by Crippen LogP contribution is 2.25. The first kappa shape index (κ1) is 15.9. The van der Waals surface area contributed by atoms with Crippen molar-refractivity contribution in [3.8, 4) is 0 Å². The lowest BCUT2D eigenvalue weighted by atomic mass is 10.1. The minimum absolute atomic E-state index is 0.126. The molecule has 0 heterocycles. The zero-order chi connectivity index (χ0) is 15.2. The fourth-order valence-corrected chi connectivity index (χ4v) is 2.80. The molecule has 1 aliphatic carbocycles. The number of anilines is 1. The van der Waals surface area contributed by atoms with Crippen LogP contribution in [0.2, 0.25) is 0 Å². The number of carbonyl (C=O) groups is 1. The standard InChI is InChI=1S/C16H23FN2O2/c1-19(11-12-4-2-7-15(12)20)9-8-16(21)18-14-6-3-5-13(17)10-14/h3,5-6,10,12,15,20H,2,4,7-9,11H2,1H3,(H,18,21). The van der Waals surface area contributed by atoms with Crippen molar-refractivity contribution in [2.45, 2.75) is 31.8 Å². The summed E-state index contributed by atoms with van der Waals surface area (Å²) in [5, 5.41) is 12.5. The van der Waals surface area contributed by atoms with E-state index in [1.54, 1.807) is 12.1 Å². The summed E-state index contributed by atoms with van der Waals surface area (Å²) in [6.07, 6.45) is 3.18. The molecule has 1 fully saturated rings. The molecule has 0 aliphatic heterocycles. The van der Waals surface area contributed by atoms with E-state index in [-0.39, 0.29) is 17.8 Å². The summed E-state index contributed by atoms with van der Waals surface area (Å²) in [4.78, 5) is 13.9. The summed E-state index contributed by atoms with van der Waals surface area (Å²) in [6.45, 7) is 1.44. The second-order valence-electron chi connectivity index (χ2n) is 5.83. The molecule has 21 heavy (non-hydrogen) atoms. The van der Waals surface area contributed by atoms with Crippen molar-refractivity contribution >= 4 is 11.6 Å². The van der Waals surface area contributed by atoms with Gasteiger partial charge in [0.2, 0.25) is 5.91 Å². The van der Waals surface area contributed by atoms with Crippen molar-refractivity contribution in [1.82, 2.24) is 4.90 Å². The fourth-order valence-electron chi connectivity index (χ4n) is 2.80. The van der Waals surface area contributed by atoms with Crippen LogP contribution in [0.15, 0.2) is 24.3 Å². The Morgan fingerprint density at radius 2 is 2.29 bits per heavy atom. The molecule has 0 bridgehead atoms. The molecule has 2 N–H and O–H groups in total. The lowest BCUT2D eigenvalue weighted by molar-refractivity contribution is -0.116. The van der Waals surface area contributed by atoms with Crippen LogP contribution in [0.25, 0.3) is 0 Å². The predicted molar refractivity (Wildman–Crippen MR) is 80.5 cm³/mol. The van der Waals surface area contributed by atoms with Gasteiger partial charge >= 0.3 is 0 Å². The van der Waals surface area contributed by atoms with Crippen LogP contribution in [-0.4, -0.2) is 42.2 Å². The summed E-state index contributed by atoms with van der Waals surface area (Å²) in [5.41, 5.74) is 0.480. The first-order chi connectivity index (χ1) is 10.0. The number of hydrogen-bond donors (Lipinski definition) is 2. The number of nitrogens with one attached hydrogen (secondary N) is 1. The van der Waals surface area contributed by atoms with Gasteiger partial charge in [0.05, 0.1) is 6.10 Å². The van der Waals surface area contributed by atoms with Crippen LogP contribution in [0.4, 0.5) is 10.1 Å². The van der Waals surface area contributed by atoms with E-state index in [4.69, 9.17) is 0 Å². The minimum Gasteiger partial charge on any atom is -0.393 e. The van der Waals surface area contributed by atoms with Gasteiger partial charge in [-0.1, -0.05) is 12.5 Å². The van der Waals surface area contributed by atoms with Gasteiger partial charge in [0.25, 0.3) is 0 Å². The zero-order valence-corrected chi connectivity index (χ0v) is 12.4. The van der Waals surface area contributed by atoms with Gasteiger partial charge in [-0.2, -0.15) is 0 Å². The van der Waals surface area contributed by atoms with Gasteiger partial charge < -0.3 is 15.3 Å². The summed E-state index contributed by atoms with van der Waals surface area (Å²) in [5.74, 6) is -0.166. The summed E-state index contributed by atoms with van der Waals surface area (Å²) in [6, 6.07) is 5.88. The monoisotopic (exact) mass is 294 g/mol. The Bertz CT molecular complexity index is 481. The van der Waals surface area contributed by atoms with Crippen LogP contribution >= 0.6 is 0 Å². The highest BCUT2D eigenvalue weighted by atomic mass is 19.1. The van der Waals surface area contributed by atoms with E-state index >= 15 is 0 Å². The predicted octanol–water partition coefficient (Wildman–Crippen LogP) is 2.25. The normalized spacial score (nSPS) is 21.7. The first-order valence-corrected chi connectivity index (χ1v) is 7.46. The van der Waals surface area contributed by atoms with Crippen LogP contribution in [0.3, 0.4) is 0 Å².